The first-order valence-corrected chi connectivity index (χ1v) is 6.18. The van der Waals surface area contributed by atoms with Crippen molar-refractivity contribution in [2.24, 2.45) is 5.84 Å². The van der Waals surface area contributed by atoms with Gasteiger partial charge in [0.1, 0.15) is 0 Å². The molecule has 1 aromatic rings. The first-order chi connectivity index (χ1) is 8.15. The van der Waals surface area contributed by atoms with Gasteiger partial charge < -0.3 is 4.74 Å². The van der Waals surface area contributed by atoms with Crippen molar-refractivity contribution < 1.29 is 4.74 Å². The van der Waals surface area contributed by atoms with E-state index < -0.39 is 0 Å². The standard InChI is InChI=1S/C14H24N2O/c1-11-7-12(2)9-13(8-11)10-14(16-15)5-4-6-17-3/h7-9,14,16H,4-6,10,15H2,1-3H3. The van der Waals surface area contributed by atoms with Gasteiger partial charge in [0.05, 0.1) is 0 Å². The summed E-state index contributed by atoms with van der Waals surface area (Å²) >= 11 is 0. The smallest absolute Gasteiger partial charge is 0.0462 e. The van der Waals surface area contributed by atoms with Crippen molar-refractivity contribution in [2.45, 2.75) is 39.2 Å². The Morgan fingerprint density at radius 2 is 1.88 bits per heavy atom. The van der Waals surface area contributed by atoms with Gasteiger partial charge in [-0.2, -0.15) is 0 Å². The summed E-state index contributed by atoms with van der Waals surface area (Å²) in [7, 11) is 1.73. The number of nitrogens with two attached hydrogens (primary N) is 1. The predicted molar refractivity (Wildman–Crippen MR) is 71.8 cm³/mol. The van der Waals surface area contributed by atoms with Crippen LogP contribution < -0.4 is 11.3 Å². The first-order valence-electron chi connectivity index (χ1n) is 6.18. The van der Waals surface area contributed by atoms with E-state index in [2.05, 4.69) is 37.5 Å². The number of ether oxygens (including phenoxy) is 1. The average molecular weight is 236 g/mol. The topological polar surface area (TPSA) is 47.3 Å². The Bertz CT molecular complexity index is 319. The van der Waals surface area contributed by atoms with E-state index in [0.717, 1.165) is 25.9 Å². The van der Waals surface area contributed by atoms with E-state index in [1.807, 2.05) is 0 Å². The fraction of sp³-hybridized carbons (Fsp3) is 0.571. The third-order valence-electron chi connectivity index (χ3n) is 2.90. The second kappa shape index (κ2) is 7.43. The highest BCUT2D eigenvalue weighted by atomic mass is 16.5. The fourth-order valence-electron chi connectivity index (χ4n) is 2.19. The van der Waals surface area contributed by atoms with Crippen LogP contribution in [0.2, 0.25) is 0 Å². The summed E-state index contributed by atoms with van der Waals surface area (Å²) in [4.78, 5) is 0. The summed E-state index contributed by atoms with van der Waals surface area (Å²) in [6, 6.07) is 6.98. The molecule has 0 radical (unpaired) electrons. The maximum Gasteiger partial charge on any atom is 0.0462 e. The average Bonchev–Trinajstić information content (AvgIpc) is 2.26. The molecule has 0 aliphatic heterocycles. The first kappa shape index (κ1) is 14.2. The third kappa shape index (κ3) is 5.31. The lowest BCUT2D eigenvalue weighted by molar-refractivity contribution is 0.188. The van der Waals surface area contributed by atoms with Gasteiger partial charge in [0.2, 0.25) is 0 Å². The SMILES string of the molecule is COCCCC(Cc1cc(C)cc(C)c1)NN. The van der Waals surface area contributed by atoms with Crippen LogP contribution in [0.25, 0.3) is 0 Å². The van der Waals surface area contributed by atoms with Crippen LogP contribution in [-0.4, -0.2) is 19.8 Å². The quantitative estimate of drug-likeness (QED) is 0.433. The molecule has 0 amide bonds. The summed E-state index contributed by atoms with van der Waals surface area (Å²) in [6.07, 6.45) is 3.05. The maximum atomic E-state index is 5.59. The molecule has 1 rings (SSSR count). The van der Waals surface area contributed by atoms with Crippen LogP contribution >= 0.6 is 0 Å². The Labute approximate surface area is 104 Å². The molecule has 3 N–H and O–H groups in total. The molecule has 1 aromatic carbocycles. The number of hydrazine groups is 1. The van der Waals surface area contributed by atoms with E-state index in [9.17, 15) is 0 Å². The summed E-state index contributed by atoms with van der Waals surface area (Å²) in [6.45, 7) is 5.06. The van der Waals surface area contributed by atoms with Gasteiger partial charge in [-0.15, -0.1) is 0 Å². The molecule has 1 unspecified atom stereocenters. The van der Waals surface area contributed by atoms with Gasteiger partial charge in [0.15, 0.2) is 0 Å². The van der Waals surface area contributed by atoms with Gasteiger partial charge in [-0.25, -0.2) is 0 Å². The van der Waals surface area contributed by atoms with Crippen molar-refractivity contribution in [1.29, 1.82) is 0 Å². The summed E-state index contributed by atoms with van der Waals surface area (Å²) < 4.78 is 5.06. The van der Waals surface area contributed by atoms with Crippen molar-refractivity contribution in [3.8, 4) is 0 Å². The molecule has 3 nitrogen and oxygen atoms in total. The number of hydrogen-bond acceptors (Lipinski definition) is 3. The van der Waals surface area contributed by atoms with Crippen molar-refractivity contribution in [3.05, 3.63) is 34.9 Å². The lowest BCUT2D eigenvalue weighted by atomic mass is 9.99. The zero-order valence-corrected chi connectivity index (χ0v) is 11.1. The Morgan fingerprint density at radius 1 is 1.24 bits per heavy atom. The second-order valence-electron chi connectivity index (χ2n) is 4.70. The van der Waals surface area contributed by atoms with E-state index in [-0.39, 0.29) is 0 Å². The molecule has 0 heterocycles. The number of methoxy groups -OCH3 is 1. The minimum atomic E-state index is 0.325. The van der Waals surface area contributed by atoms with E-state index in [0.29, 0.717) is 6.04 Å². The molecular weight excluding hydrogens is 212 g/mol. The molecule has 0 saturated heterocycles. The van der Waals surface area contributed by atoms with Crippen LogP contribution in [0.3, 0.4) is 0 Å². The summed E-state index contributed by atoms with van der Waals surface area (Å²) in [5.41, 5.74) is 6.87. The molecular formula is C14H24N2O. The molecule has 17 heavy (non-hydrogen) atoms. The van der Waals surface area contributed by atoms with Crippen molar-refractivity contribution >= 4 is 0 Å². The summed E-state index contributed by atoms with van der Waals surface area (Å²) in [5.74, 6) is 5.59. The van der Waals surface area contributed by atoms with Gasteiger partial charge in [0, 0.05) is 19.8 Å². The van der Waals surface area contributed by atoms with Crippen LogP contribution in [0.5, 0.6) is 0 Å². The van der Waals surface area contributed by atoms with Crippen LogP contribution in [0.15, 0.2) is 18.2 Å². The lowest BCUT2D eigenvalue weighted by Crippen LogP contribution is -2.37. The van der Waals surface area contributed by atoms with Gasteiger partial charge in [-0.1, -0.05) is 29.3 Å². The molecule has 96 valence electrons. The largest absolute Gasteiger partial charge is 0.385 e. The van der Waals surface area contributed by atoms with E-state index >= 15 is 0 Å². The van der Waals surface area contributed by atoms with E-state index in [4.69, 9.17) is 10.6 Å². The van der Waals surface area contributed by atoms with E-state index in [1.54, 1.807) is 7.11 Å². The summed E-state index contributed by atoms with van der Waals surface area (Å²) in [5, 5.41) is 0. The molecule has 3 heteroatoms. The van der Waals surface area contributed by atoms with Crippen molar-refractivity contribution in [3.63, 3.8) is 0 Å². The molecule has 0 aromatic heterocycles. The fourth-order valence-corrected chi connectivity index (χ4v) is 2.19. The Hall–Kier alpha value is -0.900. The predicted octanol–water partition coefficient (Wildman–Crippen LogP) is 2.10. The molecule has 1 atom stereocenters. The lowest BCUT2D eigenvalue weighted by Gasteiger charge is -2.16. The van der Waals surface area contributed by atoms with Crippen molar-refractivity contribution in [1.82, 2.24) is 5.43 Å². The monoisotopic (exact) mass is 236 g/mol. The highest BCUT2D eigenvalue weighted by molar-refractivity contribution is 5.29. The number of nitrogens with one attached hydrogen (secondary N) is 1. The zero-order valence-electron chi connectivity index (χ0n) is 11.1. The molecule has 0 fully saturated rings. The highest BCUT2D eigenvalue weighted by Gasteiger charge is 2.08. The van der Waals surface area contributed by atoms with Crippen LogP contribution in [0.4, 0.5) is 0 Å². The van der Waals surface area contributed by atoms with Crippen LogP contribution in [0, 0.1) is 13.8 Å². The Kier molecular flexibility index (Phi) is 6.19. The van der Waals surface area contributed by atoms with Gasteiger partial charge in [-0.3, -0.25) is 11.3 Å². The minimum absolute atomic E-state index is 0.325. The molecule has 0 aliphatic rings. The molecule has 0 bridgehead atoms. The van der Waals surface area contributed by atoms with Gasteiger partial charge in [-0.05, 0) is 38.7 Å². The second-order valence-corrected chi connectivity index (χ2v) is 4.70. The number of hydrogen-bond donors (Lipinski definition) is 2. The minimum Gasteiger partial charge on any atom is -0.385 e. The molecule has 0 spiro atoms. The normalized spacial score (nSPS) is 12.7. The van der Waals surface area contributed by atoms with Gasteiger partial charge >= 0.3 is 0 Å². The number of benzene rings is 1. The zero-order chi connectivity index (χ0) is 12.7. The highest BCUT2D eigenvalue weighted by Crippen LogP contribution is 2.12. The Morgan fingerprint density at radius 3 is 2.41 bits per heavy atom. The molecule has 0 saturated carbocycles. The molecule has 0 aliphatic carbocycles. The number of aryl methyl sites for hydroxylation is 2. The maximum absolute atomic E-state index is 5.59. The van der Waals surface area contributed by atoms with E-state index in [1.165, 1.54) is 16.7 Å². The van der Waals surface area contributed by atoms with Crippen molar-refractivity contribution in [2.75, 3.05) is 13.7 Å². The Balaban J connectivity index is 2.54. The third-order valence-corrected chi connectivity index (χ3v) is 2.90. The van der Waals surface area contributed by atoms with Gasteiger partial charge in [0.25, 0.3) is 0 Å². The van der Waals surface area contributed by atoms with Crippen LogP contribution in [-0.2, 0) is 11.2 Å². The van der Waals surface area contributed by atoms with Crippen LogP contribution in [0.1, 0.15) is 29.5 Å². The number of rotatable bonds is 7.